The van der Waals surface area contributed by atoms with Crippen molar-refractivity contribution in [2.75, 3.05) is 4.90 Å². The van der Waals surface area contributed by atoms with Gasteiger partial charge < -0.3 is 9.15 Å². The zero-order valence-corrected chi connectivity index (χ0v) is 23.7. The minimum Gasteiger partial charge on any atom is -0.488 e. The van der Waals surface area contributed by atoms with Crippen LogP contribution in [0.4, 0.5) is 9.52 Å². The zero-order chi connectivity index (χ0) is 28.8. The largest absolute Gasteiger partial charge is 0.488 e. The zero-order valence-electron chi connectivity index (χ0n) is 21.2. The quantitative estimate of drug-likeness (QED) is 0.211. The van der Waals surface area contributed by atoms with Crippen molar-refractivity contribution in [1.29, 1.82) is 10.8 Å². The number of amides is 1. The first-order chi connectivity index (χ1) is 19.9. The molecule has 0 bridgehead atoms. The van der Waals surface area contributed by atoms with Crippen LogP contribution in [0.2, 0.25) is 0 Å². The minimum atomic E-state index is -0.307. The van der Waals surface area contributed by atoms with E-state index in [-0.39, 0.29) is 43.1 Å². The minimum absolute atomic E-state index is 0. The van der Waals surface area contributed by atoms with Crippen LogP contribution in [0.3, 0.4) is 0 Å². The first kappa shape index (κ1) is 30.7. The van der Waals surface area contributed by atoms with E-state index < -0.39 is 0 Å². The molecule has 0 aliphatic carbocycles. The number of furan rings is 1. The van der Waals surface area contributed by atoms with Crippen molar-refractivity contribution in [3.8, 4) is 5.75 Å². The van der Waals surface area contributed by atoms with Gasteiger partial charge >= 0.3 is 0 Å². The highest BCUT2D eigenvalue weighted by Gasteiger charge is 2.35. The number of Topliss-reactive ketones (excluding diaryl/α,β-unsaturated/α-hetero) is 1. The number of allylic oxidation sites excluding steroid dienone is 1. The molecule has 0 atom stereocenters. The number of amidine groups is 1. The SMILES string of the molecule is C.N=C1CC(=O)C(=Cc2ccccc2OCc2ccccc2F)S1.N=C1SC(=Cc2ccco2)C(=O)N1c1nccs1. The van der Waals surface area contributed by atoms with Crippen molar-refractivity contribution in [1.82, 2.24) is 4.98 Å². The maximum atomic E-state index is 13.7. The van der Waals surface area contributed by atoms with Gasteiger partial charge in [0.1, 0.15) is 23.9 Å². The topological polar surface area (TPSA) is 120 Å². The molecule has 4 heterocycles. The molecule has 2 saturated heterocycles. The van der Waals surface area contributed by atoms with Gasteiger partial charge in [-0.2, -0.15) is 0 Å². The molecule has 4 aromatic rings. The molecule has 2 aromatic carbocycles. The average molecular weight is 621 g/mol. The van der Waals surface area contributed by atoms with Gasteiger partial charge in [-0.05, 0) is 42.1 Å². The Morgan fingerprint density at radius 3 is 2.48 bits per heavy atom. The number of nitrogens with zero attached hydrogens (tertiary/aromatic N) is 2. The number of anilines is 1. The van der Waals surface area contributed by atoms with Gasteiger partial charge in [0, 0.05) is 28.8 Å². The Hall–Kier alpha value is -4.26. The van der Waals surface area contributed by atoms with E-state index in [2.05, 4.69) is 4.98 Å². The predicted octanol–water partition coefficient (Wildman–Crippen LogP) is 7.86. The van der Waals surface area contributed by atoms with Crippen molar-refractivity contribution in [2.45, 2.75) is 20.5 Å². The van der Waals surface area contributed by atoms with E-state index in [0.29, 0.717) is 37.1 Å². The van der Waals surface area contributed by atoms with E-state index in [0.717, 1.165) is 17.3 Å². The van der Waals surface area contributed by atoms with Crippen LogP contribution in [0, 0.1) is 16.6 Å². The molecule has 2 aliphatic heterocycles. The summed E-state index contributed by atoms with van der Waals surface area (Å²) in [5.41, 5.74) is 1.22. The lowest BCUT2D eigenvalue weighted by molar-refractivity contribution is -0.114. The summed E-state index contributed by atoms with van der Waals surface area (Å²) in [7, 11) is 0. The normalized spacial score (nSPS) is 16.5. The third-order valence-corrected chi connectivity index (χ3v) is 8.23. The van der Waals surface area contributed by atoms with Gasteiger partial charge in [-0.3, -0.25) is 20.4 Å². The van der Waals surface area contributed by atoms with Gasteiger partial charge in [-0.15, -0.1) is 11.3 Å². The molecule has 6 rings (SSSR count). The first-order valence-corrected chi connectivity index (χ1v) is 14.6. The lowest BCUT2D eigenvalue weighted by Gasteiger charge is -2.10. The van der Waals surface area contributed by atoms with E-state index in [1.54, 1.807) is 66.4 Å². The first-order valence-electron chi connectivity index (χ1n) is 12.1. The number of carbonyl (C=O) groups is 2. The van der Waals surface area contributed by atoms with Crippen LogP contribution in [0.1, 0.15) is 30.7 Å². The highest BCUT2D eigenvalue weighted by molar-refractivity contribution is 8.19. The molecule has 42 heavy (non-hydrogen) atoms. The molecule has 2 aromatic heterocycles. The number of thioether (sulfide) groups is 2. The Morgan fingerprint density at radius 2 is 1.79 bits per heavy atom. The molecule has 8 nitrogen and oxygen atoms in total. The molecular weight excluding hydrogens is 596 g/mol. The second kappa shape index (κ2) is 14.1. The molecular formula is C30H25FN4O4S3. The molecule has 0 radical (unpaired) electrons. The summed E-state index contributed by atoms with van der Waals surface area (Å²) in [5, 5.41) is 18.2. The summed E-state index contributed by atoms with van der Waals surface area (Å²) in [4.78, 5) is 30.3. The number of hydrogen-bond donors (Lipinski definition) is 2. The number of halogens is 1. The van der Waals surface area contributed by atoms with Crippen LogP contribution < -0.4 is 9.64 Å². The Kier molecular flexibility index (Phi) is 10.3. The summed E-state index contributed by atoms with van der Waals surface area (Å²) >= 11 is 3.61. The molecule has 2 fully saturated rings. The van der Waals surface area contributed by atoms with E-state index in [4.69, 9.17) is 20.0 Å². The second-order valence-corrected chi connectivity index (χ2v) is 11.5. The number of rotatable bonds is 6. The summed E-state index contributed by atoms with van der Waals surface area (Å²) in [6.45, 7) is 0.115. The molecule has 0 saturated carbocycles. The molecule has 0 unspecified atom stereocenters. The second-order valence-electron chi connectivity index (χ2n) is 8.44. The van der Waals surface area contributed by atoms with Crippen LogP contribution >= 0.6 is 34.9 Å². The molecule has 12 heteroatoms. The van der Waals surface area contributed by atoms with Crippen LogP contribution in [0.15, 0.2) is 92.7 Å². The number of aromatic nitrogens is 1. The standard InChI is InChI=1S/C18H14FNO2S.C11H7N3O2S2.CH4/c19-14-7-3-1-6-13(14)11-22-16-8-4-2-5-12(16)9-17-15(21)10-18(20)23-17;12-10-14(11-13-3-5-17-11)9(15)8(18-10)6-7-2-1-4-16-7;/h1-9,20H,10-11H2;1-6,12H;1H4. The van der Waals surface area contributed by atoms with Crippen molar-refractivity contribution in [2.24, 2.45) is 0 Å². The van der Waals surface area contributed by atoms with Crippen molar-refractivity contribution >= 4 is 74.0 Å². The van der Waals surface area contributed by atoms with Crippen LogP contribution in [0.25, 0.3) is 12.2 Å². The third-order valence-electron chi connectivity index (χ3n) is 5.63. The molecule has 0 spiro atoms. The number of thiazole rings is 1. The molecule has 2 N–H and O–H groups in total. The highest BCUT2D eigenvalue weighted by Crippen LogP contribution is 2.36. The van der Waals surface area contributed by atoms with Gasteiger partial charge in [0.25, 0.3) is 5.91 Å². The van der Waals surface area contributed by atoms with E-state index in [1.807, 2.05) is 18.2 Å². The Bertz CT molecular complexity index is 1670. The fraction of sp³-hybridized carbons (Fsp3) is 0.100. The third kappa shape index (κ3) is 7.32. The van der Waals surface area contributed by atoms with Crippen LogP contribution in [0.5, 0.6) is 5.75 Å². The van der Waals surface area contributed by atoms with Gasteiger partial charge in [-0.1, -0.05) is 55.6 Å². The van der Waals surface area contributed by atoms with E-state index >= 15 is 0 Å². The smallest absolute Gasteiger partial charge is 0.273 e. The number of hydrogen-bond acceptors (Lipinski definition) is 10. The maximum Gasteiger partial charge on any atom is 0.273 e. The molecule has 2 aliphatic rings. The number of ketones is 1. The summed E-state index contributed by atoms with van der Waals surface area (Å²) in [6.07, 6.45) is 6.68. The maximum absolute atomic E-state index is 13.7. The molecule has 214 valence electrons. The highest BCUT2D eigenvalue weighted by atomic mass is 32.2. The van der Waals surface area contributed by atoms with E-state index in [1.165, 1.54) is 34.1 Å². The monoisotopic (exact) mass is 620 g/mol. The van der Waals surface area contributed by atoms with Gasteiger partial charge in [0.2, 0.25) is 0 Å². The van der Waals surface area contributed by atoms with Crippen LogP contribution in [-0.2, 0) is 16.2 Å². The van der Waals surface area contributed by atoms with Gasteiger partial charge in [0.05, 0.1) is 27.5 Å². The fourth-order valence-corrected chi connectivity index (χ4v) is 6.07. The Balaban J connectivity index is 0.000000193. The number of benzene rings is 2. The van der Waals surface area contributed by atoms with Crippen molar-refractivity contribution in [3.05, 3.63) is 111 Å². The average Bonchev–Trinajstić information content (AvgIpc) is 3.76. The van der Waals surface area contributed by atoms with Crippen molar-refractivity contribution in [3.63, 3.8) is 0 Å². The fourth-order valence-electron chi connectivity index (χ4n) is 3.70. The van der Waals surface area contributed by atoms with Gasteiger partial charge in [0.15, 0.2) is 16.1 Å². The number of nitrogens with one attached hydrogen (secondary N) is 2. The Labute approximate surface area is 254 Å². The van der Waals surface area contributed by atoms with Crippen molar-refractivity contribution < 1.29 is 23.1 Å². The summed E-state index contributed by atoms with van der Waals surface area (Å²) in [5.74, 6) is 0.577. The lowest BCUT2D eigenvalue weighted by Crippen LogP contribution is -2.27. The molecule has 1 amide bonds. The summed E-state index contributed by atoms with van der Waals surface area (Å²) in [6, 6.07) is 17.3. The number of carbonyl (C=O) groups excluding carboxylic acids is 2. The van der Waals surface area contributed by atoms with E-state index in [9.17, 15) is 14.0 Å². The van der Waals surface area contributed by atoms with Gasteiger partial charge in [-0.25, -0.2) is 14.3 Å². The summed E-state index contributed by atoms with van der Waals surface area (Å²) < 4.78 is 24.5. The number of para-hydroxylation sites is 1. The lowest BCUT2D eigenvalue weighted by atomic mass is 10.1. The van der Waals surface area contributed by atoms with Crippen LogP contribution in [-0.4, -0.2) is 26.9 Å². The number of ether oxygens (including phenoxy) is 1. The Morgan fingerprint density at radius 1 is 1.00 bits per heavy atom. The predicted molar refractivity (Wildman–Crippen MR) is 168 cm³/mol.